The van der Waals surface area contributed by atoms with Gasteiger partial charge in [0.2, 0.25) is 0 Å². The molecular formula is C17H23NO4. The van der Waals surface area contributed by atoms with Gasteiger partial charge in [-0.15, -0.1) is 0 Å². The van der Waals surface area contributed by atoms with Crippen LogP contribution in [0.5, 0.6) is 0 Å². The summed E-state index contributed by atoms with van der Waals surface area (Å²) >= 11 is 0. The van der Waals surface area contributed by atoms with Crippen LogP contribution in [0.1, 0.15) is 44.7 Å². The number of nitrogens with zero attached hydrogens (tertiary/aromatic N) is 1. The summed E-state index contributed by atoms with van der Waals surface area (Å²) < 4.78 is 5.36. The van der Waals surface area contributed by atoms with E-state index in [2.05, 4.69) is 31.2 Å². The van der Waals surface area contributed by atoms with Gasteiger partial charge in [-0.3, -0.25) is 0 Å². The number of carbonyl (C=O) groups is 1. The van der Waals surface area contributed by atoms with Gasteiger partial charge in [-0.05, 0) is 38.3 Å². The second-order valence-corrected chi connectivity index (χ2v) is 6.26. The highest BCUT2D eigenvalue weighted by atomic mass is 16.6. The van der Waals surface area contributed by atoms with E-state index in [1.54, 1.807) is 4.90 Å². The number of aryl methyl sites for hydroxylation is 1. The molecule has 1 saturated heterocycles. The van der Waals surface area contributed by atoms with Gasteiger partial charge in [-0.1, -0.05) is 31.2 Å². The molecule has 1 aliphatic rings. The van der Waals surface area contributed by atoms with E-state index in [0.29, 0.717) is 5.92 Å². The van der Waals surface area contributed by atoms with E-state index in [-0.39, 0.29) is 12.2 Å². The lowest BCUT2D eigenvalue weighted by atomic mass is 9.90. The molecule has 1 aromatic carbocycles. The lowest BCUT2D eigenvalue weighted by Gasteiger charge is -2.40. The van der Waals surface area contributed by atoms with Crippen LogP contribution in [-0.2, 0) is 20.7 Å². The summed E-state index contributed by atoms with van der Waals surface area (Å²) in [5, 5.41) is 0. The standard InChI is InChI=1S/C16H23NO2.CO2/c1-5-12-7-6-8-13(9-12)14-10-17(11-14)15(18)19-16(2,3)4;2-1-3/h6-9,14H,5,10-11H2,1-4H3;. The van der Waals surface area contributed by atoms with E-state index in [1.165, 1.54) is 11.1 Å². The molecule has 5 nitrogen and oxygen atoms in total. The Morgan fingerprint density at radius 3 is 2.41 bits per heavy atom. The van der Waals surface area contributed by atoms with E-state index in [4.69, 9.17) is 14.3 Å². The van der Waals surface area contributed by atoms with Crippen LogP contribution >= 0.6 is 0 Å². The summed E-state index contributed by atoms with van der Waals surface area (Å²) in [6.07, 6.45) is 1.10. The van der Waals surface area contributed by atoms with E-state index in [0.717, 1.165) is 19.5 Å². The fourth-order valence-electron chi connectivity index (χ4n) is 2.23. The minimum atomic E-state index is -0.412. The molecule has 0 N–H and O–H groups in total. The van der Waals surface area contributed by atoms with Crippen molar-refractivity contribution >= 4 is 12.2 Å². The fraction of sp³-hybridized carbons (Fsp3) is 0.529. The number of amides is 1. The van der Waals surface area contributed by atoms with Gasteiger partial charge in [0.25, 0.3) is 0 Å². The van der Waals surface area contributed by atoms with Crippen LogP contribution in [0, 0.1) is 0 Å². The predicted molar refractivity (Wildman–Crippen MR) is 81.4 cm³/mol. The van der Waals surface area contributed by atoms with Gasteiger partial charge in [0.15, 0.2) is 0 Å². The minimum Gasteiger partial charge on any atom is -0.444 e. The quantitative estimate of drug-likeness (QED) is 0.842. The molecule has 5 heteroatoms. The zero-order chi connectivity index (χ0) is 16.8. The highest BCUT2D eigenvalue weighted by Gasteiger charge is 2.34. The van der Waals surface area contributed by atoms with E-state index >= 15 is 0 Å². The molecule has 22 heavy (non-hydrogen) atoms. The second kappa shape index (κ2) is 7.76. The third kappa shape index (κ3) is 5.34. The third-order valence-corrected chi connectivity index (χ3v) is 3.36. The monoisotopic (exact) mass is 305 g/mol. The number of hydrogen-bond acceptors (Lipinski definition) is 4. The maximum absolute atomic E-state index is 11.8. The highest BCUT2D eigenvalue weighted by molar-refractivity contribution is 5.69. The summed E-state index contributed by atoms with van der Waals surface area (Å²) in [7, 11) is 0. The smallest absolute Gasteiger partial charge is 0.410 e. The first-order valence-electron chi connectivity index (χ1n) is 7.36. The molecule has 0 spiro atoms. The van der Waals surface area contributed by atoms with Gasteiger partial charge in [-0.2, -0.15) is 9.59 Å². The number of carbonyl (C=O) groups excluding carboxylic acids is 3. The normalized spacial score (nSPS) is 14.3. The number of hydrogen-bond donors (Lipinski definition) is 0. The average Bonchev–Trinajstić information content (AvgIpc) is 2.36. The molecule has 0 saturated carbocycles. The molecule has 120 valence electrons. The van der Waals surface area contributed by atoms with Crippen molar-refractivity contribution < 1.29 is 19.1 Å². The van der Waals surface area contributed by atoms with Gasteiger partial charge < -0.3 is 9.64 Å². The molecule has 0 aliphatic carbocycles. The fourth-order valence-corrected chi connectivity index (χ4v) is 2.23. The lowest BCUT2D eigenvalue weighted by Crippen LogP contribution is -2.50. The first-order valence-corrected chi connectivity index (χ1v) is 7.36. The SMILES string of the molecule is CCc1cccc(C2CN(C(=O)OC(C)(C)C)C2)c1.O=C=O. The predicted octanol–water partition coefficient (Wildman–Crippen LogP) is 3.00. The molecule has 0 atom stereocenters. The van der Waals surface area contributed by atoms with Crippen molar-refractivity contribution in [1.29, 1.82) is 0 Å². The first-order chi connectivity index (χ1) is 10.3. The summed E-state index contributed by atoms with van der Waals surface area (Å²) in [5.41, 5.74) is 2.27. The van der Waals surface area contributed by atoms with Crippen molar-refractivity contribution in [2.24, 2.45) is 0 Å². The molecule has 0 radical (unpaired) electrons. The van der Waals surface area contributed by atoms with E-state index in [9.17, 15) is 4.79 Å². The van der Waals surface area contributed by atoms with Crippen molar-refractivity contribution in [3.8, 4) is 0 Å². The molecule has 1 aliphatic heterocycles. The van der Waals surface area contributed by atoms with E-state index in [1.807, 2.05) is 20.8 Å². The largest absolute Gasteiger partial charge is 0.444 e. The molecule has 1 amide bonds. The number of ether oxygens (including phenoxy) is 1. The maximum atomic E-state index is 11.8. The molecule has 2 rings (SSSR count). The van der Waals surface area contributed by atoms with Gasteiger partial charge in [0, 0.05) is 19.0 Å². The van der Waals surface area contributed by atoms with Crippen LogP contribution in [0.25, 0.3) is 0 Å². The summed E-state index contributed by atoms with van der Waals surface area (Å²) in [5.74, 6) is 0.457. The topological polar surface area (TPSA) is 63.7 Å². The summed E-state index contributed by atoms with van der Waals surface area (Å²) in [6, 6.07) is 8.64. The van der Waals surface area contributed by atoms with Crippen LogP contribution in [-0.4, -0.2) is 35.8 Å². The number of benzene rings is 1. The summed E-state index contributed by atoms with van der Waals surface area (Å²) in [6.45, 7) is 9.38. The van der Waals surface area contributed by atoms with Gasteiger partial charge >= 0.3 is 12.2 Å². The van der Waals surface area contributed by atoms with Crippen molar-refractivity contribution in [1.82, 2.24) is 4.90 Å². The van der Waals surface area contributed by atoms with Crippen molar-refractivity contribution in [3.05, 3.63) is 35.4 Å². The summed E-state index contributed by atoms with van der Waals surface area (Å²) in [4.78, 5) is 29.9. The lowest BCUT2D eigenvalue weighted by molar-refractivity contribution is -0.191. The number of likely N-dealkylation sites (tertiary alicyclic amines) is 1. The highest BCUT2D eigenvalue weighted by Crippen LogP contribution is 2.28. The van der Waals surface area contributed by atoms with Crippen molar-refractivity contribution in [2.75, 3.05) is 13.1 Å². The Bertz CT molecular complexity index is 536. The van der Waals surface area contributed by atoms with Gasteiger partial charge in [0.05, 0.1) is 0 Å². The molecule has 0 unspecified atom stereocenters. The molecule has 1 aromatic rings. The van der Waals surface area contributed by atoms with Crippen LogP contribution in [0.4, 0.5) is 4.79 Å². The molecule has 1 fully saturated rings. The van der Waals surface area contributed by atoms with Crippen molar-refractivity contribution in [2.45, 2.75) is 45.6 Å². The molecule has 1 heterocycles. The molecule has 0 bridgehead atoms. The molecular weight excluding hydrogens is 282 g/mol. The van der Waals surface area contributed by atoms with Crippen LogP contribution in [0.2, 0.25) is 0 Å². The Hall–Kier alpha value is -2.13. The first kappa shape index (κ1) is 17.9. The Kier molecular flexibility index (Phi) is 6.32. The number of rotatable bonds is 2. The van der Waals surface area contributed by atoms with Crippen LogP contribution in [0.15, 0.2) is 24.3 Å². The van der Waals surface area contributed by atoms with Crippen LogP contribution in [0.3, 0.4) is 0 Å². The Morgan fingerprint density at radius 1 is 1.32 bits per heavy atom. The second-order valence-electron chi connectivity index (χ2n) is 6.26. The zero-order valence-electron chi connectivity index (χ0n) is 13.6. The van der Waals surface area contributed by atoms with Crippen LogP contribution < -0.4 is 0 Å². The zero-order valence-corrected chi connectivity index (χ0v) is 13.6. The van der Waals surface area contributed by atoms with E-state index < -0.39 is 5.60 Å². The van der Waals surface area contributed by atoms with Gasteiger partial charge in [0.1, 0.15) is 5.60 Å². The third-order valence-electron chi connectivity index (χ3n) is 3.36. The Balaban J connectivity index is 0.000000745. The molecule has 0 aromatic heterocycles. The minimum absolute atomic E-state index is 0.199. The average molecular weight is 305 g/mol. The Morgan fingerprint density at radius 2 is 1.91 bits per heavy atom. The maximum Gasteiger partial charge on any atom is 0.410 e. The Labute approximate surface area is 131 Å². The van der Waals surface area contributed by atoms with Crippen molar-refractivity contribution in [3.63, 3.8) is 0 Å². The van der Waals surface area contributed by atoms with Gasteiger partial charge in [-0.25, -0.2) is 4.79 Å².